The molecule has 0 aliphatic rings. The smallest absolute Gasteiger partial charge is 0.241 e. The Morgan fingerprint density at radius 2 is 1.74 bits per heavy atom. The van der Waals surface area contributed by atoms with Gasteiger partial charge in [0.15, 0.2) is 0 Å². The minimum absolute atomic E-state index is 0.151. The molecule has 2 N–H and O–H groups in total. The minimum atomic E-state index is -3.65. The summed E-state index contributed by atoms with van der Waals surface area (Å²) in [6.07, 6.45) is 0. The van der Waals surface area contributed by atoms with E-state index in [0.29, 0.717) is 12.5 Å². The molecule has 19 heavy (non-hydrogen) atoms. The van der Waals surface area contributed by atoms with Crippen LogP contribution in [0.4, 0.5) is 0 Å². The molecule has 0 aliphatic heterocycles. The molecule has 0 saturated heterocycles. The fraction of sp³-hybridized carbons (Fsp3) is 0.462. The Balaban J connectivity index is 2.66. The third kappa shape index (κ3) is 5.00. The number of benzene rings is 1. The number of carbonyl (C=O) groups is 1. The van der Waals surface area contributed by atoms with E-state index in [9.17, 15) is 13.2 Å². The average molecular weight is 284 g/mol. The van der Waals surface area contributed by atoms with Gasteiger partial charge in [0, 0.05) is 6.54 Å². The maximum absolute atomic E-state index is 12.0. The van der Waals surface area contributed by atoms with Crippen molar-refractivity contribution >= 4 is 15.9 Å². The van der Waals surface area contributed by atoms with Gasteiger partial charge < -0.3 is 5.32 Å². The molecule has 1 atom stereocenters. The topological polar surface area (TPSA) is 75.3 Å². The van der Waals surface area contributed by atoms with E-state index in [1.54, 1.807) is 18.2 Å². The van der Waals surface area contributed by atoms with Crippen molar-refractivity contribution in [3.63, 3.8) is 0 Å². The molecule has 0 radical (unpaired) electrons. The van der Waals surface area contributed by atoms with Crippen molar-refractivity contribution in [2.75, 3.05) is 6.54 Å². The summed E-state index contributed by atoms with van der Waals surface area (Å²) in [4.78, 5) is 11.9. The maximum atomic E-state index is 12.0. The summed E-state index contributed by atoms with van der Waals surface area (Å²) in [5.41, 5.74) is 0. The molecular formula is C13H20N2O3S. The zero-order valence-corrected chi connectivity index (χ0v) is 12.2. The molecule has 0 aliphatic carbocycles. The lowest BCUT2D eigenvalue weighted by atomic mass is 10.2. The largest absolute Gasteiger partial charge is 0.354 e. The summed E-state index contributed by atoms with van der Waals surface area (Å²) >= 11 is 0. The molecule has 1 aromatic carbocycles. The van der Waals surface area contributed by atoms with E-state index in [2.05, 4.69) is 10.0 Å². The highest BCUT2D eigenvalue weighted by molar-refractivity contribution is 7.89. The van der Waals surface area contributed by atoms with Crippen LogP contribution in [-0.4, -0.2) is 26.9 Å². The van der Waals surface area contributed by atoms with E-state index in [1.165, 1.54) is 19.1 Å². The Hall–Kier alpha value is -1.40. The van der Waals surface area contributed by atoms with E-state index in [-0.39, 0.29) is 10.8 Å². The second-order valence-corrected chi connectivity index (χ2v) is 6.51. The van der Waals surface area contributed by atoms with Gasteiger partial charge in [-0.25, -0.2) is 8.42 Å². The first kappa shape index (κ1) is 15.7. The van der Waals surface area contributed by atoms with Gasteiger partial charge in [0.2, 0.25) is 15.9 Å². The van der Waals surface area contributed by atoms with Crippen molar-refractivity contribution in [3.8, 4) is 0 Å². The van der Waals surface area contributed by atoms with Crippen molar-refractivity contribution in [2.24, 2.45) is 5.92 Å². The highest BCUT2D eigenvalue weighted by Crippen LogP contribution is 2.07. The van der Waals surface area contributed by atoms with Crippen molar-refractivity contribution in [1.82, 2.24) is 10.0 Å². The number of amides is 1. The van der Waals surface area contributed by atoms with Gasteiger partial charge >= 0.3 is 0 Å². The third-order valence-corrected chi connectivity index (χ3v) is 4.02. The minimum Gasteiger partial charge on any atom is -0.354 e. The van der Waals surface area contributed by atoms with Gasteiger partial charge in [-0.2, -0.15) is 4.72 Å². The fourth-order valence-electron chi connectivity index (χ4n) is 1.41. The van der Waals surface area contributed by atoms with Gasteiger partial charge in [0.25, 0.3) is 0 Å². The molecule has 0 bridgehead atoms. The maximum Gasteiger partial charge on any atom is 0.241 e. The van der Waals surface area contributed by atoms with Crippen molar-refractivity contribution in [3.05, 3.63) is 30.3 Å². The number of nitrogens with one attached hydrogen (secondary N) is 2. The standard InChI is InChI=1S/C13H20N2O3S/c1-10(2)9-14-13(16)11(3)15-19(17,18)12-7-5-4-6-8-12/h4-8,10-11,15H,9H2,1-3H3,(H,14,16)/t11-/m1/s1. The van der Waals surface area contributed by atoms with E-state index in [4.69, 9.17) is 0 Å². The van der Waals surface area contributed by atoms with Gasteiger partial charge in [-0.05, 0) is 25.0 Å². The summed E-state index contributed by atoms with van der Waals surface area (Å²) in [6, 6.07) is 7.18. The predicted molar refractivity (Wildman–Crippen MR) is 74.1 cm³/mol. The van der Waals surface area contributed by atoms with Crippen LogP contribution in [0.1, 0.15) is 20.8 Å². The monoisotopic (exact) mass is 284 g/mol. The molecule has 1 amide bonds. The molecule has 1 aromatic rings. The molecule has 1 rings (SSSR count). The first-order valence-corrected chi connectivity index (χ1v) is 7.66. The van der Waals surface area contributed by atoms with E-state index < -0.39 is 16.1 Å². The normalized spacial score (nSPS) is 13.3. The van der Waals surface area contributed by atoms with Crippen LogP contribution in [0.15, 0.2) is 35.2 Å². The highest BCUT2D eigenvalue weighted by atomic mass is 32.2. The Morgan fingerprint density at radius 1 is 1.16 bits per heavy atom. The number of sulfonamides is 1. The van der Waals surface area contributed by atoms with Crippen LogP contribution in [-0.2, 0) is 14.8 Å². The Bertz CT molecular complexity index is 512. The SMILES string of the molecule is CC(C)CNC(=O)[C@@H](C)NS(=O)(=O)c1ccccc1. The molecule has 0 aromatic heterocycles. The zero-order valence-electron chi connectivity index (χ0n) is 11.4. The molecule has 0 unspecified atom stereocenters. The Morgan fingerprint density at radius 3 is 2.26 bits per heavy atom. The summed E-state index contributed by atoms with van der Waals surface area (Å²) < 4.78 is 26.3. The van der Waals surface area contributed by atoms with Crippen LogP contribution in [0.3, 0.4) is 0 Å². The predicted octanol–water partition coefficient (Wildman–Crippen LogP) is 1.13. The van der Waals surface area contributed by atoms with Crippen molar-refractivity contribution in [2.45, 2.75) is 31.7 Å². The van der Waals surface area contributed by atoms with Crippen LogP contribution in [0.5, 0.6) is 0 Å². The molecule has 6 heteroatoms. The lowest BCUT2D eigenvalue weighted by molar-refractivity contribution is -0.122. The average Bonchev–Trinajstić information content (AvgIpc) is 2.36. The quantitative estimate of drug-likeness (QED) is 0.822. The van der Waals surface area contributed by atoms with E-state index >= 15 is 0 Å². The van der Waals surface area contributed by atoms with Crippen LogP contribution in [0, 0.1) is 5.92 Å². The second kappa shape index (κ2) is 6.68. The lowest BCUT2D eigenvalue weighted by Crippen LogP contribution is -2.45. The zero-order chi connectivity index (χ0) is 14.5. The number of hydrogen-bond acceptors (Lipinski definition) is 3. The molecule has 0 saturated carbocycles. The molecule has 0 heterocycles. The fourth-order valence-corrected chi connectivity index (χ4v) is 2.64. The third-order valence-electron chi connectivity index (χ3n) is 2.46. The Kier molecular flexibility index (Phi) is 5.50. The summed E-state index contributed by atoms with van der Waals surface area (Å²) in [5, 5.41) is 2.69. The molecular weight excluding hydrogens is 264 g/mol. The summed E-state index contributed by atoms with van der Waals surface area (Å²) in [7, 11) is -3.65. The summed E-state index contributed by atoms with van der Waals surface area (Å²) in [6.45, 7) is 5.99. The van der Waals surface area contributed by atoms with Crippen LogP contribution < -0.4 is 10.0 Å². The molecule has 5 nitrogen and oxygen atoms in total. The van der Waals surface area contributed by atoms with Gasteiger partial charge in [0.1, 0.15) is 0 Å². The van der Waals surface area contributed by atoms with Gasteiger partial charge in [-0.3, -0.25) is 4.79 Å². The molecule has 0 fully saturated rings. The first-order valence-electron chi connectivity index (χ1n) is 6.18. The summed E-state index contributed by atoms with van der Waals surface area (Å²) in [5.74, 6) is -0.00455. The van der Waals surface area contributed by atoms with Crippen molar-refractivity contribution < 1.29 is 13.2 Å². The number of carbonyl (C=O) groups excluding carboxylic acids is 1. The Labute approximate surface area is 114 Å². The van der Waals surface area contributed by atoms with Crippen LogP contribution in [0.25, 0.3) is 0 Å². The van der Waals surface area contributed by atoms with Crippen LogP contribution in [0.2, 0.25) is 0 Å². The van der Waals surface area contributed by atoms with Crippen LogP contribution >= 0.6 is 0 Å². The van der Waals surface area contributed by atoms with Crippen molar-refractivity contribution in [1.29, 1.82) is 0 Å². The molecule has 0 spiro atoms. The highest BCUT2D eigenvalue weighted by Gasteiger charge is 2.21. The second-order valence-electron chi connectivity index (χ2n) is 4.80. The first-order chi connectivity index (χ1) is 8.83. The van der Waals surface area contributed by atoms with E-state index in [0.717, 1.165) is 0 Å². The van der Waals surface area contributed by atoms with Gasteiger partial charge in [-0.15, -0.1) is 0 Å². The van der Waals surface area contributed by atoms with Gasteiger partial charge in [0.05, 0.1) is 10.9 Å². The lowest BCUT2D eigenvalue weighted by Gasteiger charge is -2.15. The molecule has 106 valence electrons. The number of rotatable bonds is 6. The number of hydrogen-bond donors (Lipinski definition) is 2. The van der Waals surface area contributed by atoms with Gasteiger partial charge in [-0.1, -0.05) is 32.0 Å². The van der Waals surface area contributed by atoms with E-state index in [1.807, 2.05) is 13.8 Å².